The van der Waals surface area contributed by atoms with E-state index >= 15 is 0 Å². The van der Waals surface area contributed by atoms with Crippen LogP contribution in [0.15, 0.2) is 18.2 Å². The van der Waals surface area contributed by atoms with Crippen molar-refractivity contribution in [2.45, 2.75) is 40.2 Å². The molecule has 0 radical (unpaired) electrons. The van der Waals surface area contributed by atoms with Crippen LogP contribution in [0.4, 0.5) is 0 Å². The van der Waals surface area contributed by atoms with Crippen LogP contribution in [-0.4, -0.2) is 28.6 Å². The second-order valence-electron chi connectivity index (χ2n) is 5.88. The van der Waals surface area contributed by atoms with Crippen LogP contribution in [-0.2, 0) is 17.7 Å². The van der Waals surface area contributed by atoms with E-state index in [1.807, 2.05) is 0 Å². The van der Waals surface area contributed by atoms with E-state index in [-0.39, 0.29) is 0 Å². The maximum atomic E-state index is 5.92. The van der Waals surface area contributed by atoms with Gasteiger partial charge in [0.2, 0.25) is 0 Å². The van der Waals surface area contributed by atoms with E-state index in [1.165, 1.54) is 11.1 Å². The molecule has 0 saturated heterocycles. The fourth-order valence-electron chi connectivity index (χ4n) is 2.50. The first-order valence-corrected chi connectivity index (χ1v) is 8.25. The standard InChI is InChI=1S/C17H25ClN2O/c1-13(2)12-21-11-5-10-20-15-7-4-6-14(3)17(15)19-16(20)8-9-18/h4,6-7,13H,5,8-12H2,1-3H3. The Bertz CT molecular complexity index is 577. The highest BCUT2D eigenvalue weighted by Gasteiger charge is 2.11. The van der Waals surface area contributed by atoms with Crippen LogP contribution in [0.3, 0.4) is 0 Å². The van der Waals surface area contributed by atoms with Crippen LogP contribution in [0.25, 0.3) is 11.0 Å². The summed E-state index contributed by atoms with van der Waals surface area (Å²) in [5, 5.41) is 0. The van der Waals surface area contributed by atoms with Gasteiger partial charge in [-0.2, -0.15) is 0 Å². The minimum absolute atomic E-state index is 0.591. The lowest BCUT2D eigenvalue weighted by atomic mass is 10.2. The first-order valence-electron chi connectivity index (χ1n) is 7.72. The van der Waals surface area contributed by atoms with E-state index in [4.69, 9.17) is 21.3 Å². The quantitative estimate of drug-likeness (QED) is 0.540. The molecule has 1 heterocycles. The molecule has 1 aromatic heterocycles. The summed E-state index contributed by atoms with van der Waals surface area (Å²) in [5.74, 6) is 2.28. The van der Waals surface area contributed by atoms with Gasteiger partial charge in [0.1, 0.15) is 5.82 Å². The molecule has 0 amide bonds. The number of halogens is 1. The summed E-state index contributed by atoms with van der Waals surface area (Å²) in [4.78, 5) is 4.77. The van der Waals surface area contributed by atoms with Gasteiger partial charge in [0.05, 0.1) is 11.0 Å². The van der Waals surface area contributed by atoms with Gasteiger partial charge >= 0.3 is 0 Å². The highest BCUT2D eigenvalue weighted by Crippen LogP contribution is 2.20. The predicted molar refractivity (Wildman–Crippen MR) is 89.2 cm³/mol. The number of hydrogen-bond donors (Lipinski definition) is 0. The van der Waals surface area contributed by atoms with Crippen molar-refractivity contribution in [1.29, 1.82) is 0 Å². The molecule has 2 aromatic rings. The van der Waals surface area contributed by atoms with Crippen molar-refractivity contribution in [2.24, 2.45) is 5.92 Å². The lowest BCUT2D eigenvalue weighted by Crippen LogP contribution is -2.09. The van der Waals surface area contributed by atoms with Crippen LogP contribution in [0.5, 0.6) is 0 Å². The van der Waals surface area contributed by atoms with Gasteiger partial charge in [0, 0.05) is 32.1 Å². The molecule has 2 rings (SSSR count). The number of aryl methyl sites for hydroxylation is 3. The van der Waals surface area contributed by atoms with Gasteiger partial charge in [0.15, 0.2) is 0 Å². The maximum absolute atomic E-state index is 5.92. The van der Waals surface area contributed by atoms with Gasteiger partial charge in [-0.05, 0) is 30.9 Å². The number of nitrogens with zero attached hydrogens (tertiary/aromatic N) is 2. The molecule has 0 atom stereocenters. The van der Waals surface area contributed by atoms with Crippen LogP contribution in [0, 0.1) is 12.8 Å². The zero-order chi connectivity index (χ0) is 15.2. The summed E-state index contributed by atoms with van der Waals surface area (Å²) < 4.78 is 7.96. The molecule has 116 valence electrons. The number of benzene rings is 1. The normalized spacial score (nSPS) is 11.7. The SMILES string of the molecule is Cc1cccc2c1nc(CCCl)n2CCCOCC(C)C. The number of aromatic nitrogens is 2. The van der Waals surface area contributed by atoms with Crippen molar-refractivity contribution in [3.8, 4) is 0 Å². The lowest BCUT2D eigenvalue weighted by molar-refractivity contribution is 0.105. The summed E-state index contributed by atoms with van der Waals surface area (Å²) in [6, 6.07) is 6.34. The molecule has 0 unspecified atom stereocenters. The molecule has 0 aliphatic rings. The zero-order valence-electron chi connectivity index (χ0n) is 13.2. The third-order valence-electron chi connectivity index (χ3n) is 3.50. The Morgan fingerprint density at radius 3 is 2.86 bits per heavy atom. The maximum Gasteiger partial charge on any atom is 0.111 e. The van der Waals surface area contributed by atoms with Gasteiger partial charge < -0.3 is 9.30 Å². The number of rotatable bonds is 8. The fraction of sp³-hybridized carbons (Fsp3) is 0.588. The van der Waals surface area contributed by atoms with Crippen molar-refractivity contribution in [1.82, 2.24) is 9.55 Å². The van der Waals surface area contributed by atoms with Gasteiger partial charge in [-0.3, -0.25) is 0 Å². The van der Waals surface area contributed by atoms with E-state index in [0.29, 0.717) is 11.8 Å². The number of fused-ring (bicyclic) bond motifs is 1. The molecule has 1 aromatic carbocycles. The van der Waals surface area contributed by atoms with Crippen molar-refractivity contribution in [2.75, 3.05) is 19.1 Å². The summed E-state index contributed by atoms with van der Waals surface area (Å²) >= 11 is 5.92. The van der Waals surface area contributed by atoms with E-state index in [9.17, 15) is 0 Å². The second-order valence-corrected chi connectivity index (χ2v) is 6.26. The van der Waals surface area contributed by atoms with E-state index < -0.39 is 0 Å². The molecule has 0 N–H and O–H groups in total. The smallest absolute Gasteiger partial charge is 0.111 e. The molecular formula is C17H25ClN2O. The minimum atomic E-state index is 0.591. The molecule has 0 aliphatic heterocycles. The highest BCUT2D eigenvalue weighted by molar-refractivity contribution is 6.17. The van der Waals surface area contributed by atoms with Crippen LogP contribution in [0.2, 0.25) is 0 Å². The summed E-state index contributed by atoms with van der Waals surface area (Å²) in [7, 11) is 0. The Balaban J connectivity index is 2.09. The number of para-hydroxylation sites is 1. The molecule has 0 saturated carbocycles. The molecule has 4 heteroatoms. The number of imidazole rings is 1. The lowest BCUT2D eigenvalue weighted by Gasteiger charge is -2.10. The summed E-state index contributed by atoms with van der Waals surface area (Å²) in [6.07, 6.45) is 1.81. The average Bonchev–Trinajstić information content (AvgIpc) is 2.78. The van der Waals surface area contributed by atoms with E-state index in [0.717, 1.165) is 43.9 Å². The second kappa shape index (κ2) is 7.81. The number of hydrogen-bond acceptors (Lipinski definition) is 2. The summed E-state index contributed by atoms with van der Waals surface area (Å²) in [6.45, 7) is 9.01. The van der Waals surface area contributed by atoms with Crippen molar-refractivity contribution in [3.63, 3.8) is 0 Å². The third-order valence-corrected chi connectivity index (χ3v) is 3.69. The fourth-order valence-corrected chi connectivity index (χ4v) is 2.67. The van der Waals surface area contributed by atoms with E-state index in [2.05, 4.69) is 43.5 Å². The Labute approximate surface area is 132 Å². The molecule has 21 heavy (non-hydrogen) atoms. The molecular weight excluding hydrogens is 284 g/mol. The largest absolute Gasteiger partial charge is 0.381 e. The number of ether oxygens (including phenoxy) is 1. The predicted octanol–water partition coefficient (Wildman–Crippen LogP) is 4.19. The van der Waals surface area contributed by atoms with Gasteiger partial charge in [-0.15, -0.1) is 11.6 Å². The molecule has 0 fully saturated rings. The van der Waals surface area contributed by atoms with Crippen molar-refractivity contribution >= 4 is 22.6 Å². The monoisotopic (exact) mass is 308 g/mol. The van der Waals surface area contributed by atoms with Crippen molar-refractivity contribution < 1.29 is 4.74 Å². The first kappa shape index (κ1) is 16.3. The van der Waals surface area contributed by atoms with E-state index in [1.54, 1.807) is 0 Å². The minimum Gasteiger partial charge on any atom is -0.381 e. The van der Waals surface area contributed by atoms with Crippen LogP contribution < -0.4 is 0 Å². The Kier molecular flexibility index (Phi) is 6.07. The molecule has 0 aliphatic carbocycles. The van der Waals surface area contributed by atoms with Crippen LogP contribution >= 0.6 is 11.6 Å². The Morgan fingerprint density at radius 2 is 2.14 bits per heavy atom. The molecule has 3 nitrogen and oxygen atoms in total. The van der Waals surface area contributed by atoms with Gasteiger partial charge in [-0.25, -0.2) is 4.98 Å². The molecule has 0 bridgehead atoms. The topological polar surface area (TPSA) is 27.1 Å². The third kappa shape index (κ3) is 4.21. The average molecular weight is 309 g/mol. The summed E-state index contributed by atoms with van der Waals surface area (Å²) in [5.41, 5.74) is 3.53. The Morgan fingerprint density at radius 1 is 1.33 bits per heavy atom. The van der Waals surface area contributed by atoms with Crippen LogP contribution in [0.1, 0.15) is 31.7 Å². The van der Waals surface area contributed by atoms with Crippen molar-refractivity contribution in [3.05, 3.63) is 29.6 Å². The Hall–Kier alpha value is -1.06. The highest BCUT2D eigenvalue weighted by atomic mass is 35.5. The van der Waals surface area contributed by atoms with Gasteiger partial charge in [-0.1, -0.05) is 26.0 Å². The molecule has 0 spiro atoms. The first-order chi connectivity index (χ1) is 10.1. The number of alkyl halides is 1. The zero-order valence-corrected chi connectivity index (χ0v) is 14.0. The van der Waals surface area contributed by atoms with Gasteiger partial charge in [0.25, 0.3) is 0 Å².